The van der Waals surface area contributed by atoms with E-state index in [-0.39, 0.29) is 0 Å². The minimum absolute atomic E-state index is 1.08. The Balaban J connectivity index is 0.000000461. The van der Waals surface area contributed by atoms with Crippen molar-refractivity contribution < 1.29 is 0 Å². The van der Waals surface area contributed by atoms with Crippen molar-refractivity contribution in [3.8, 4) is 0 Å². The lowest BCUT2D eigenvalue weighted by molar-refractivity contribution is 0.947. The van der Waals surface area contributed by atoms with Crippen LogP contribution in [0.2, 0.25) is 0 Å². The van der Waals surface area contributed by atoms with Gasteiger partial charge in [0.2, 0.25) is 0 Å². The van der Waals surface area contributed by atoms with Crippen LogP contribution in [-0.2, 0) is 13.5 Å². The second kappa shape index (κ2) is 4.80. The molecule has 76 valence electrons. The van der Waals surface area contributed by atoms with Gasteiger partial charge in [-0.15, -0.1) is 0 Å². The Morgan fingerprint density at radius 2 is 2.00 bits per heavy atom. The summed E-state index contributed by atoms with van der Waals surface area (Å²) in [5, 5.41) is 0. The Kier molecular flexibility index (Phi) is 3.69. The molecule has 0 saturated heterocycles. The quantitative estimate of drug-likeness (QED) is 0.675. The Morgan fingerprint density at radius 1 is 1.29 bits per heavy atom. The third-order valence-electron chi connectivity index (χ3n) is 2.20. The van der Waals surface area contributed by atoms with Crippen LogP contribution < -0.4 is 0 Å². The molecule has 0 bridgehead atoms. The molecule has 0 unspecified atom stereocenters. The number of imidazole rings is 1. The van der Waals surface area contributed by atoms with Crippen molar-refractivity contribution in [2.24, 2.45) is 7.05 Å². The van der Waals surface area contributed by atoms with Crippen molar-refractivity contribution in [2.75, 3.05) is 0 Å². The fourth-order valence-electron chi connectivity index (χ4n) is 1.40. The Labute approximate surface area is 85.6 Å². The summed E-state index contributed by atoms with van der Waals surface area (Å²) < 4.78 is 2.04. The second-order valence-electron chi connectivity index (χ2n) is 3.03. The van der Waals surface area contributed by atoms with Gasteiger partial charge in [-0.05, 0) is 24.1 Å². The van der Waals surface area contributed by atoms with E-state index >= 15 is 0 Å². The molecule has 0 aliphatic rings. The van der Waals surface area contributed by atoms with Crippen LogP contribution >= 0.6 is 0 Å². The number of benzene rings is 1. The molecule has 0 radical (unpaired) electrons. The molecule has 0 spiro atoms. The lowest BCUT2D eigenvalue weighted by Crippen LogP contribution is -1.84. The first-order chi connectivity index (χ1) is 6.81. The highest BCUT2D eigenvalue weighted by Gasteiger charge is 1.98. The summed E-state index contributed by atoms with van der Waals surface area (Å²) in [6.07, 6.45) is 2.93. The molecule has 2 heteroatoms. The zero-order valence-electron chi connectivity index (χ0n) is 9.41. The van der Waals surface area contributed by atoms with Crippen molar-refractivity contribution in [2.45, 2.75) is 27.2 Å². The summed E-state index contributed by atoms with van der Waals surface area (Å²) in [4.78, 5) is 4.29. The van der Waals surface area contributed by atoms with E-state index in [9.17, 15) is 0 Å². The number of hydrogen-bond donors (Lipinski definition) is 0. The topological polar surface area (TPSA) is 17.8 Å². The first kappa shape index (κ1) is 10.8. The smallest absolute Gasteiger partial charge is 0.0955 e. The van der Waals surface area contributed by atoms with Crippen LogP contribution in [-0.4, -0.2) is 9.55 Å². The summed E-state index contributed by atoms with van der Waals surface area (Å²) >= 11 is 0. The molecule has 2 nitrogen and oxygen atoms in total. The lowest BCUT2D eigenvalue weighted by atomic mass is 10.1. The summed E-state index contributed by atoms with van der Waals surface area (Å²) in [5.41, 5.74) is 3.64. The molecule has 0 N–H and O–H groups in total. The number of hydrogen-bond acceptors (Lipinski definition) is 1. The molecule has 0 aliphatic carbocycles. The first-order valence-electron chi connectivity index (χ1n) is 5.21. The monoisotopic (exact) mass is 190 g/mol. The van der Waals surface area contributed by atoms with Crippen LogP contribution in [0.1, 0.15) is 26.3 Å². The number of aryl methyl sites for hydroxylation is 2. The third-order valence-corrected chi connectivity index (χ3v) is 2.20. The summed E-state index contributed by atoms with van der Waals surface area (Å²) in [6.45, 7) is 6.16. The van der Waals surface area contributed by atoms with Gasteiger partial charge in [-0.1, -0.05) is 26.8 Å². The standard InChI is InChI=1S/C10H12N2.C2H6/c1-3-8-4-5-10-9(6-8)11-7-12(10)2;1-2/h4-7H,3H2,1-2H3;1-2H3. The summed E-state index contributed by atoms with van der Waals surface area (Å²) in [6, 6.07) is 6.43. The average molecular weight is 190 g/mol. The normalized spacial score (nSPS) is 9.71. The molecule has 1 aromatic heterocycles. The van der Waals surface area contributed by atoms with Gasteiger partial charge in [0.25, 0.3) is 0 Å². The Bertz CT molecular complexity index is 402. The van der Waals surface area contributed by atoms with E-state index in [2.05, 4.69) is 30.1 Å². The van der Waals surface area contributed by atoms with Crippen LogP contribution in [0.15, 0.2) is 24.5 Å². The zero-order chi connectivity index (χ0) is 10.6. The van der Waals surface area contributed by atoms with Crippen LogP contribution in [0.4, 0.5) is 0 Å². The second-order valence-corrected chi connectivity index (χ2v) is 3.03. The molecule has 2 aromatic rings. The molecular formula is C12H18N2. The third kappa shape index (κ3) is 1.95. The van der Waals surface area contributed by atoms with Gasteiger partial charge in [0.05, 0.1) is 17.4 Å². The maximum Gasteiger partial charge on any atom is 0.0955 e. The van der Waals surface area contributed by atoms with E-state index < -0.39 is 0 Å². The predicted molar refractivity (Wildman–Crippen MR) is 61.4 cm³/mol. The highest BCUT2D eigenvalue weighted by atomic mass is 15.0. The molecular weight excluding hydrogens is 172 g/mol. The van der Waals surface area contributed by atoms with Crippen molar-refractivity contribution in [1.29, 1.82) is 0 Å². The van der Waals surface area contributed by atoms with Crippen LogP contribution in [0.5, 0.6) is 0 Å². The van der Waals surface area contributed by atoms with E-state index in [1.807, 2.05) is 31.8 Å². The lowest BCUT2D eigenvalue weighted by Gasteiger charge is -1.96. The van der Waals surface area contributed by atoms with Gasteiger partial charge < -0.3 is 4.57 Å². The zero-order valence-corrected chi connectivity index (χ0v) is 9.41. The van der Waals surface area contributed by atoms with E-state index in [1.165, 1.54) is 11.1 Å². The van der Waals surface area contributed by atoms with Gasteiger partial charge in [-0.25, -0.2) is 4.98 Å². The maximum atomic E-state index is 4.29. The van der Waals surface area contributed by atoms with Crippen molar-refractivity contribution >= 4 is 11.0 Å². The Morgan fingerprint density at radius 3 is 2.64 bits per heavy atom. The molecule has 1 aromatic carbocycles. The molecule has 0 aliphatic heterocycles. The number of nitrogens with zero attached hydrogens (tertiary/aromatic N) is 2. The largest absolute Gasteiger partial charge is 0.334 e. The maximum absolute atomic E-state index is 4.29. The van der Waals surface area contributed by atoms with Crippen LogP contribution in [0.3, 0.4) is 0 Å². The van der Waals surface area contributed by atoms with Crippen LogP contribution in [0.25, 0.3) is 11.0 Å². The molecule has 2 rings (SSSR count). The van der Waals surface area contributed by atoms with E-state index in [4.69, 9.17) is 0 Å². The minimum Gasteiger partial charge on any atom is -0.334 e. The van der Waals surface area contributed by atoms with Gasteiger partial charge in [-0.3, -0.25) is 0 Å². The fourth-order valence-corrected chi connectivity index (χ4v) is 1.40. The predicted octanol–water partition coefficient (Wildman–Crippen LogP) is 3.16. The molecule has 14 heavy (non-hydrogen) atoms. The average Bonchev–Trinajstić information content (AvgIpc) is 2.63. The minimum atomic E-state index is 1.08. The molecule has 0 atom stereocenters. The van der Waals surface area contributed by atoms with Crippen molar-refractivity contribution in [3.05, 3.63) is 30.1 Å². The van der Waals surface area contributed by atoms with Gasteiger partial charge >= 0.3 is 0 Å². The molecule has 1 heterocycles. The van der Waals surface area contributed by atoms with E-state index in [0.717, 1.165) is 11.9 Å². The van der Waals surface area contributed by atoms with Crippen molar-refractivity contribution in [1.82, 2.24) is 9.55 Å². The molecule has 0 amide bonds. The van der Waals surface area contributed by atoms with Gasteiger partial charge in [0.15, 0.2) is 0 Å². The van der Waals surface area contributed by atoms with E-state index in [0.29, 0.717) is 0 Å². The summed E-state index contributed by atoms with van der Waals surface area (Å²) in [7, 11) is 2.01. The van der Waals surface area contributed by atoms with Gasteiger partial charge in [0.1, 0.15) is 0 Å². The molecule has 0 fully saturated rings. The number of rotatable bonds is 1. The number of aromatic nitrogens is 2. The van der Waals surface area contributed by atoms with Crippen molar-refractivity contribution in [3.63, 3.8) is 0 Å². The molecule has 0 saturated carbocycles. The highest BCUT2D eigenvalue weighted by molar-refractivity contribution is 5.75. The van der Waals surface area contributed by atoms with Crippen LogP contribution in [0, 0.1) is 0 Å². The first-order valence-corrected chi connectivity index (χ1v) is 5.21. The SMILES string of the molecule is CC.CCc1ccc2c(c1)ncn2C. The summed E-state index contributed by atoms with van der Waals surface area (Å²) in [5.74, 6) is 0. The number of fused-ring (bicyclic) bond motifs is 1. The fraction of sp³-hybridized carbons (Fsp3) is 0.417. The van der Waals surface area contributed by atoms with E-state index in [1.54, 1.807) is 0 Å². The van der Waals surface area contributed by atoms with Gasteiger partial charge in [-0.2, -0.15) is 0 Å². The highest BCUT2D eigenvalue weighted by Crippen LogP contribution is 2.13. The Hall–Kier alpha value is -1.31. The van der Waals surface area contributed by atoms with Gasteiger partial charge in [0, 0.05) is 7.05 Å².